The highest BCUT2D eigenvalue weighted by Crippen LogP contribution is 2.28. The highest BCUT2D eigenvalue weighted by molar-refractivity contribution is 7.89. The third-order valence-corrected chi connectivity index (χ3v) is 7.97. The number of sulfonamides is 1. The normalized spacial score (nSPS) is 16.4. The molecule has 0 bridgehead atoms. The molecule has 1 fully saturated rings. The molecular formula is C20H31N5O3S2. The Morgan fingerprint density at radius 2 is 1.87 bits per heavy atom. The van der Waals surface area contributed by atoms with Crippen molar-refractivity contribution in [1.82, 2.24) is 23.3 Å². The third-order valence-electron chi connectivity index (χ3n) is 5.50. The first kappa shape index (κ1) is 23.1. The van der Waals surface area contributed by atoms with Gasteiger partial charge in [0.05, 0.1) is 11.7 Å². The molecule has 0 spiro atoms. The minimum Gasteiger partial charge on any atom is -0.355 e. The maximum Gasteiger partial charge on any atom is 0.245 e. The highest BCUT2D eigenvalue weighted by atomic mass is 32.2. The second-order valence-electron chi connectivity index (χ2n) is 7.70. The van der Waals surface area contributed by atoms with Gasteiger partial charge in [0.25, 0.3) is 0 Å². The standard InChI is InChI=1S/C20H31N5O3S2/c1-3-11-24(12-4-2)15-10-21-20(26)16-8-13-25(14-9-16)30(27,28)18-7-5-6-17-19(18)23-29-22-17/h5-7,16H,3-4,8-15H2,1-2H3,(H,21,26). The molecule has 3 rings (SSSR count). The maximum atomic E-state index is 13.1. The first-order valence-corrected chi connectivity index (χ1v) is 12.9. The predicted molar refractivity (Wildman–Crippen MR) is 119 cm³/mol. The van der Waals surface area contributed by atoms with Gasteiger partial charge in [0.2, 0.25) is 15.9 Å². The van der Waals surface area contributed by atoms with Crippen LogP contribution in [0.15, 0.2) is 23.1 Å². The molecule has 0 aliphatic carbocycles. The number of rotatable bonds is 10. The first-order chi connectivity index (χ1) is 14.5. The number of hydrogen-bond acceptors (Lipinski definition) is 7. The number of fused-ring (bicyclic) bond motifs is 1. The van der Waals surface area contributed by atoms with Crippen molar-refractivity contribution in [3.63, 3.8) is 0 Å². The van der Waals surface area contributed by atoms with E-state index in [1.807, 2.05) is 0 Å². The van der Waals surface area contributed by atoms with Crippen molar-refractivity contribution in [2.24, 2.45) is 5.92 Å². The van der Waals surface area contributed by atoms with Crippen LogP contribution >= 0.6 is 11.7 Å². The molecule has 1 N–H and O–H groups in total. The van der Waals surface area contributed by atoms with Crippen molar-refractivity contribution in [2.75, 3.05) is 39.3 Å². The molecule has 8 nitrogen and oxygen atoms in total. The summed E-state index contributed by atoms with van der Waals surface area (Å²) >= 11 is 1.01. The average molecular weight is 454 g/mol. The lowest BCUT2D eigenvalue weighted by Crippen LogP contribution is -2.44. The smallest absolute Gasteiger partial charge is 0.245 e. The lowest BCUT2D eigenvalue weighted by atomic mass is 9.97. The van der Waals surface area contributed by atoms with E-state index in [-0.39, 0.29) is 16.7 Å². The SMILES string of the molecule is CCCN(CCC)CCNC(=O)C1CCN(S(=O)(=O)c2cccc3nsnc23)CC1. The van der Waals surface area contributed by atoms with Gasteiger partial charge in [-0.05, 0) is 50.9 Å². The number of benzene rings is 1. The summed E-state index contributed by atoms with van der Waals surface area (Å²) in [5.74, 6) is -0.107. The van der Waals surface area contributed by atoms with Crippen LogP contribution in [0.25, 0.3) is 11.0 Å². The van der Waals surface area contributed by atoms with Gasteiger partial charge in [0.15, 0.2) is 0 Å². The van der Waals surface area contributed by atoms with Crippen molar-refractivity contribution >= 4 is 38.7 Å². The van der Waals surface area contributed by atoms with Crippen LogP contribution in [-0.2, 0) is 14.8 Å². The second-order valence-corrected chi connectivity index (χ2v) is 10.1. The lowest BCUT2D eigenvalue weighted by molar-refractivity contribution is -0.126. The Kier molecular flexibility index (Phi) is 8.15. The quantitative estimate of drug-likeness (QED) is 0.593. The van der Waals surface area contributed by atoms with Crippen molar-refractivity contribution in [1.29, 1.82) is 0 Å². The summed E-state index contributed by atoms with van der Waals surface area (Å²) in [7, 11) is -3.65. The summed E-state index contributed by atoms with van der Waals surface area (Å²) in [6.45, 7) is 8.58. The Labute approximate surface area is 183 Å². The molecule has 0 unspecified atom stereocenters. The van der Waals surface area contributed by atoms with E-state index in [4.69, 9.17) is 0 Å². The van der Waals surface area contributed by atoms with E-state index in [0.717, 1.165) is 44.2 Å². The van der Waals surface area contributed by atoms with Crippen LogP contribution in [0.3, 0.4) is 0 Å². The van der Waals surface area contributed by atoms with Crippen molar-refractivity contribution in [2.45, 2.75) is 44.4 Å². The second kappa shape index (κ2) is 10.6. The summed E-state index contributed by atoms with van der Waals surface area (Å²) in [6, 6.07) is 5.03. The number of nitrogens with zero attached hydrogens (tertiary/aromatic N) is 4. The number of carbonyl (C=O) groups is 1. The van der Waals surface area contributed by atoms with Gasteiger partial charge in [-0.25, -0.2) is 8.42 Å². The van der Waals surface area contributed by atoms with Crippen molar-refractivity contribution < 1.29 is 13.2 Å². The van der Waals surface area contributed by atoms with E-state index in [9.17, 15) is 13.2 Å². The molecule has 2 aromatic rings. The molecule has 0 atom stereocenters. The van der Waals surface area contributed by atoms with Crippen LogP contribution in [-0.4, -0.2) is 71.5 Å². The van der Waals surface area contributed by atoms with E-state index in [1.54, 1.807) is 18.2 Å². The van der Waals surface area contributed by atoms with E-state index in [1.165, 1.54) is 4.31 Å². The molecule has 0 saturated carbocycles. The average Bonchev–Trinajstić information content (AvgIpc) is 3.23. The van der Waals surface area contributed by atoms with Crippen LogP contribution in [0.2, 0.25) is 0 Å². The molecule has 10 heteroatoms. The van der Waals surface area contributed by atoms with Crippen LogP contribution < -0.4 is 5.32 Å². The molecule has 1 saturated heterocycles. The monoisotopic (exact) mass is 453 g/mol. The molecule has 2 heterocycles. The molecule has 30 heavy (non-hydrogen) atoms. The zero-order valence-electron chi connectivity index (χ0n) is 17.7. The van der Waals surface area contributed by atoms with Gasteiger partial charge in [-0.2, -0.15) is 13.1 Å². The number of piperidine rings is 1. The molecular weight excluding hydrogens is 422 g/mol. The zero-order chi connectivity index (χ0) is 21.6. The Balaban J connectivity index is 1.53. The Hall–Kier alpha value is -1.62. The van der Waals surface area contributed by atoms with Gasteiger partial charge >= 0.3 is 0 Å². The maximum absolute atomic E-state index is 13.1. The third kappa shape index (κ3) is 5.35. The van der Waals surface area contributed by atoms with Crippen LogP contribution in [0.1, 0.15) is 39.5 Å². The molecule has 1 aliphatic heterocycles. The lowest BCUT2D eigenvalue weighted by Gasteiger charge is -2.30. The summed E-state index contributed by atoms with van der Waals surface area (Å²) in [5, 5.41) is 3.04. The van der Waals surface area contributed by atoms with E-state index in [0.29, 0.717) is 43.5 Å². The molecule has 0 radical (unpaired) electrons. The van der Waals surface area contributed by atoms with Crippen molar-refractivity contribution in [3.05, 3.63) is 18.2 Å². The van der Waals surface area contributed by atoms with Crippen molar-refractivity contribution in [3.8, 4) is 0 Å². The van der Waals surface area contributed by atoms with Gasteiger partial charge in [0, 0.05) is 32.1 Å². The summed E-state index contributed by atoms with van der Waals surface area (Å²) < 4.78 is 36.0. The Morgan fingerprint density at radius 3 is 2.53 bits per heavy atom. The molecule has 1 aliphatic rings. The minimum atomic E-state index is -3.65. The summed E-state index contributed by atoms with van der Waals surface area (Å²) in [6.07, 6.45) is 3.27. The van der Waals surface area contributed by atoms with Gasteiger partial charge in [-0.3, -0.25) is 4.79 Å². The molecule has 1 amide bonds. The van der Waals surface area contributed by atoms with Crippen LogP contribution in [0.4, 0.5) is 0 Å². The van der Waals surface area contributed by atoms with Gasteiger partial charge in [-0.1, -0.05) is 19.9 Å². The first-order valence-electron chi connectivity index (χ1n) is 10.7. The Bertz CT molecular complexity index is 933. The number of aromatic nitrogens is 2. The van der Waals surface area contributed by atoms with Gasteiger partial charge < -0.3 is 10.2 Å². The fraction of sp³-hybridized carbons (Fsp3) is 0.650. The fourth-order valence-electron chi connectivity index (χ4n) is 3.94. The molecule has 1 aromatic carbocycles. The number of nitrogens with one attached hydrogen (secondary N) is 1. The molecule has 1 aromatic heterocycles. The topological polar surface area (TPSA) is 95.5 Å². The largest absolute Gasteiger partial charge is 0.355 e. The van der Waals surface area contributed by atoms with E-state index >= 15 is 0 Å². The van der Waals surface area contributed by atoms with Crippen LogP contribution in [0, 0.1) is 5.92 Å². The predicted octanol–water partition coefficient (Wildman–Crippen LogP) is 2.33. The van der Waals surface area contributed by atoms with Gasteiger partial charge in [0.1, 0.15) is 15.9 Å². The van der Waals surface area contributed by atoms with Gasteiger partial charge in [-0.15, -0.1) is 0 Å². The minimum absolute atomic E-state index is 0.0331. The Morgan fingerprint density at radius 1 is 1.17 bits per heavy atom. The molecule has 166 valence electrons. The number of carbonyl (C=O) groups excluding carboxylic acids is 1. The summed E-state index contributed by atoms with van der Waals surface area (Å²) in [4.78, 5) is 15.1. The fourth-order valence-corrected chi connectivity index (χ4v) is 6.16. The van der Waals surface area contributed by atoms with Crippen LogP contribution in [0.5, 0.6) is 0 Å². The number of amides is 1. The zero-order valence-corrected chi connectivity index (χ0v) is 19.3. The van der Waals surface area contributed by atoms with E-state index in [2.05, 4.69) is 32.8 Å². The summed E-state index contributed by atoms with van der Waals surface area (Å²) in [5.41, 5.74) is 1.02. The highest BCUT2D eigenvalue weighted by Gasteiger charge is 2.33. The number of hydrogen-bond donors (Lipinski definition) is 1. The van der Waals surface area contributed by atoms with E-state index < -0.39 is 10.0 Å².